The highest BCUT2D eigenvalue weighted by Crippen LogP contribution is 2.25. The summed E-state index contributed by atoms with van der Waals surface area (Å²) in [5.41, 5.74) is 5.02. The van der Waals surface area contributed by atoms with Crippen molar-refractivity contribution >= 4 is 27.3 Å². The van der Waals surface area contributed by atoms with E-state index in [9.17, 15) is 12.8 Å². The van der Waals surface area contributed by atoms with Gasteiger partial charge in [-0.15, -0.1) is 0 Å². The molecule has 0 radical (unpaired) electrons. The first-order valence-electron chi connectivity index (χ1n) is 5.83. The third-order valence-electron chi connectivity index (χ3n) is 2.53. The average Bonchev–Trinajstić information content (AvgIpc) is 2.79. The molecule has 2 rings (SSSR count). The Labute approximate surface area is 125 Å². The topological polar surface area (TPSA) is 111 Å². The first-order chi connectivity index (χ1) is 9.79. The number of nitrogens with one attached hydrogen (secondary N) is 1. The fourth-order valence-corrected chi connectivity index (χ4v) is 3.05. The van der Waals surface area contributed by atoms with E-state index in [1.165, 1.54) is 0 Å². The minimum atomic E-state index is -4.07. The first kappa shape index (κ1) is 15.7. The average molecular weight is 335 g/mol. The van der Waals surface area contributed by atoms with Crippen LogP contribution in [0.25, 0.3) is 0 Å². The predicted molar refractivity (Wildman–Crippen MR) is 73.7 cm³/mol. The SMILES string of the molecule is Cc1nc(CCNS(=O)(=O)c2cc(Cl)cc(N)c2F)no1. The molecular weight excluding hydrogens is 323 g/mol. The van der Waals surface area contributed by atoms with Crippen molar-refractivity contribution in [1.82, 2.24) is 14.9 Å². The summed E-state index contributed by atoms with van der Waals surface area (Å²) >= 11 is 5.69. The lowest BCUT2D eigenvalue weighted by Gasteiger charge is -2.08. The minimum absolute atomic E-state index is 0.0207. The quantitative estimate of drug-likeness (QED) is 0.797. The molecule has 0 saturated carbocycles. The first-order valence-corrected chi connectivity index (χ1v) is 7.69. The standard InChI is InChI=1S/C11H12ClFN4O3S/c1-6-16-10(17-20-6)2-3-15-21(18,19)9-5-7(12)4-8(14)11(9)13/h4-5,15H,2-3,14H2,1H3. The number of sulfonamides is 1. The van der Waals surface area contributed by atoms with Crippen molar-refractivity contribution < 1.29 is 17.3 Å². The van der Waals surface area contributed by atoms with Crippen LogP contribution in [0, 0.1) is 12.7 Å². The number of aryl methyl sites for hydroxylation is 1. The van der Waals surface area contributed by atoms with Crippen LogP contribution in [0.4, 0.5) is 10.1 Å². The van der Waals surface area contributed by atoms with Gasteiger partial charge in [-0.1, -0.05) is 16.8 Å². The highest BCUT2D eigenvalue weighted by Gasteiger charge is 2.21. The number of hydrogen-bond acceptors (Lipinski definition) is 6. The number of halogens is 2. The van der Waals surface area contributed by atoms with Crippen LogP contribution in [0.5, 0.6) is 0 Å². The molecule has 10 heteroatoms. The summed E-state index contributed by atoms with van der Waals surface area (Å²) in [4.78, 5) is 3.32. The van der Waals surface area contributed by atoms with E-state index in [0.717, 1.165) is 12.1 Å². The minimum Gasteiger partial charge on any atom is -0.396 e. The Morgan fingerprint density at radius 1 is 1.48 bits per heavy atom. The molecule has 0 saturated heterocycles. The molecule has 7 nitrogen and oxygen atoms in total. The van der Waals surface area contributed by atoms with Crippen LogP contribution < -0.4 is 10.5 Å². The van der Waals surface area contributed by atoms with Crippen LogP contribution in [-0.2, 0) is 16.4 Å². The van der Waals surface area contributed by atoms with Crippen LogP contribution in [0.15, 0.2) is 21.6 Å². The summed E-state index contributed by atoms with van der Waals surface area (Å²) in [6, 6.07) is 2.13. The molecule has 21 heavy (non-hydrogen) atoms. The lowest BCUT2D eigenvalue weighted by Crippen LogP contribution is -2.27. The maximum atomic E-state index is 13.8. The van der Waals surface area contributed by atoms with Gasteiger partial charge in [-0.25, -0.2) is 17.5 Å². The highest BCUT2D eigenvalue weighted by atomic mass is 35.5. The van der Waals surface area contributed by atoms with Crippen molar-refractivity contribution in [2.45, 2.75) is 18.2 Å². The Balaban J connectivity index is 2.12. The van der Waals surface area contributed by atoms with Crippen molar-refractivity contribution in [2.24, 2.45) is 0 Å². The van der Waals surface area contributed by atoms with E-state index < -0.39 is 20.7 Å². The van der Waals surface area contributed by atoms with Gasteiger partial charge in [0.25, 0.3) is 0 Å². The summed E-state index contributed by atoms with van der Waals surface area (Å²) in [5, 5.41) is 3.65. The molecule has 1 aromatic carbocycles. The molecule has 0 fully saturated rings. The summed E-state index contributed by atoms with van der Waals surface area (Å²) in [6.07, 6.45) is 0.203. The molecule has 1 heterocycles. The summed E-state index contributed by atoms with van der Waals surface area (Å²) in [5.74, 6) is -0.315. The lowest BCUT2D eigenvalue weighted by atomic mass is 10.3. The number of benzene rings is 1. The Hall–Kier alpha value is -1.71. The molecule has 0 spiro atoms. The van der Waals surface area contributed by atoms with E-state index in [2.05, 4.69) is 14.9 Å². The Morgan fingerprint density at radius 2 is 2.19 bits per heavy atom. The van der Waals surface area contributed by atoms with Crippen molar-refractivity contribution in [3.63, 3.8) is 0 Å². The highest BCUT2D eigenvalue weighted by molar-refractivity contribution is 7.89. The van der Waals surface area contributed by atoms with Gasteiger partial charge in [0, 0.05) is 24.9 Å². The number of hydrogen-bond donors (Lipinski definition) is 2. The van der Waals surface area contributed by atoms with Crippen LogP contribution >= 0.6 is 11.6 Å². The van der Waals surface area contributed by atoms with Crippen LogP contribution in [0.3, 0.4) is 0 Å². The van der Waals surface area contributed by atoms with Gasteiger partial charge < -0.3 is 10.3 Å². The predicted octanol–water partition coefficient (Wildman–Crippen LogP) is 1.27. The monoisotopic (exact) mass is 334 g/mol. The zero-order chi connectivity index (χ0) is 15.6. The van der Waals surface area contributed by atoms with E-state index in [1.807, 2.05) is 0 Å². The molecule has 0 unspecified atom stereocenters. The zero-order valence-corrected chi connectivity index (χ0v) is 12.5. The van der Waals surface area contributed by atoms with Gasteiger partial charge >= 0.3 is 0 Å². The molecule has 2 aromatic rings. The van der Waals surface area contributed by atoms with E-state index in [0.29, 0.717) is 11.7 Å². The zero-order valence-electron chi connectivity index (χ0n) is 10.9. The van der Waals surface area contributed by atoms with Gasteiger partial charge in [0.15, 0.2) is 11.6 Å². The Bertz CT molecular complexity index is 763. The number of aromatic nitrogens is 2. The molecule has 114 valence electrons. The maximum absolute atomic E-state index is 13.8. The van der Waals surface area contributed by atoms with Crippen molar-refractivity contribution in [2.75, 3.05) is 12.3 Å². The van der Waals surface area contributed by atoms with Crippen molar-refractivity contribution in [1.29, 1.82) is 0 Å². The third-order valence-corrected chi connectivity index (χ3v) is 4.21. The van der Waals surface area contributed by atoms with E-state index in [4.69, 9.17) is 21.9 Å². The van der Waals surface area contributed by atoms with Crippen LogP contribution in [0.1, 0.15) is 11.7 Å². The third kappa shape index (κ3) is 3.69. The van der Waals surface area contributed by atoms with Gasteiger partial charge in [-0.05, 0) is 12.1 Å². The van der Waals surface area contributed by atoms with E-state index >= 15 is 0 Å². The molecule has 0 bridgehead atoms. The van der Waals surface area contributed by atoms with Crippen LogP contribution in [0.2, 0.25) is 5.02 Å². The smallest absolute Gasteiger partial charge is 0.243 e. The summed E-state index contributed by atoms with van der Waals surface area (Å²) in [7, 11) is -4.07. The molecule has 3 N–H and O–H groups in total. The van der Waals surface area contributed by atoms with Crippen LogP contribution in [-0.4, -0.2) is 25.1 Å². The molecule has 0 amide bonds. The fourth-order valence-electron chi connectivity index (χ4n) is 1.60. The number of nitrogen functional groups attached to an aromatic ring is 1. The summed E-state index contributed by atoms with van der Waals surface area (Å²) < 4.78 is 44.8. The fraction of sp³-hybridized carbons (Fsp3) is 0.273. The maximum Gasteiger partial charge on any atom is 0.243 e. The molecular formula is C11H12ClFN4O3S. The largest absolute Gasteiger partial charge is 0.396 e. The molecule has 1 aromatic heterocycles. The Morgan fingerprint density at radius 3 is 2.81 bits per heavy atom. The normalized spacial score (nSPS) is 11.8. The van der Waals surface area contributed by atoms with Gasteiger partial charge in [0.2, 0.25) is 15.9 Å². The van der Waals surface area contributed by atoms with Gasteiger partial charge in [0.1, 0.15) is 4.90 Å². The number of nitrogens with two attached hydrogens (primary N) is 1. The molecule has 0 aliphatic heterocycles. The second kappa shape index (κ2) is 5.96. The summed E-state index contributed by atoms with van der Waals surface area (Å²) in [6.45, 7) is 1.60. The number of rotatable bonds is 5. The van der Waals surface area contributed by atoms with Crippen molar-refractivity contribution in [3.05, 3.63) is 34.7 Å². The second-order valence-corrected chi connectivity index (χ2v) is 6.36. The lowest BCUT2D eigenvalue weighted by molar-refractivity contribution is 0.387. The van der Waals surface area contributed by atoms with Crippen molar-refractivity contribution in [3.8, 4) is 0 Å². The van der Waals surface area contributed by atoms with Gasteiger partial charge in [0.05, 0.1) is 5.69 Å². The van der Waals surface area contributed by atoms with Gasteiger partial charge in [-0.3, -0.25) is 0 Å². The molecule has 0 atom stereocenters. The number of nitrogens with zero attached hydrogens (tertiary/aromatic N) is 2. The molecule has 0 aliphatic rings. The second-order valence-electron chi connectivity index (χ2n) is 4.18. The van der Waals surface area contributed by atoms with E-state index in [-0.39, 0.29) is 23.7 Å². The molecule has 0 aliphatic carbocycles. The Kier molecular flexibility index (Phi) is 4.45. The van der Waals surface area contributed by atoms with E-state index in [1.54, 1.807) is 6.92 Å². The van der Waals surface area contributed by atoms with Gasteiger partial charge in [-0.2, -0.15) is 4.98 Å². The number of anilines is 1.